The summed E-state index contributed by atoms with van der Waals surface area (Å²) >= 11 is 0. The Labute approximate surface area is 215 Å². The number of nitrogens with one attached hydrogen (secondary N) is 1. The first-order chi connectivity index (χ1) is 18.0. The minimum absolute atomic E-state index is 0.0492. The minimum atomic E-state index is -0.0492. The average Bonchev–Trinajstić information content (AvgIpc) is 3.52. The van der Waals surface area contributed by atoms with Gasteiger partial charge in [-0.2, -0.15) is 15.5 Å². The number of carbonyl (C=O) groups excluding carboxylic acids is 1. The molecule has 0 fully saturated rings. The fourth-order valence-electron chi connectivity index (χ4n) is 4.55. The lowest BCUT2D eigenvalue weighted by Crippen LogP contribution is -2.23. The lowest BCUT2D eigenvalue weighted by Gasteiger charge is -2.11. The van der Waals surface area contributed by atoms with Gasteiger partial charge in [0, 0.05) is 41.7 Å². The number of nitrogens with zero attached hydrogens (tertiary/aromatic N) is 6. The van der Waals surface area contributed by atoms with Gasteiger partial charge in [0.25, 0.3) is 0 Å². The molecular weight excluding hydrogens is 462 g/mol. The van der Waals surface area contributed by atoms with Crippen molar-refractivity contribution >= 4 is 11.6 Å². The number of nitriles is 1. The number of aromatic nitrogens is 5. The summed E-state index contributed by atoms with van der Waals surface area (Å²) in [6, 6.07) is 22.3. The summed E-state index contributed by atoms with van der Waals surface area (Å²) in [7, 11) is 0. The molecule has 5 aromatic rings. The summed E-state index contributed by atoms with van der Waals surface area (Å²) < 4.78 is 3.60. The fourth-order valence-corrected chi connectivity index (χ4v) is 4.55. The van der Waals surface area contributed by atoms with Crippen molar-refractivity contribution in [3.63, 3.8) is 0 Å². The fraction of sp³-hybridized carbons (Fsp3) is 0.207. The Morgan fingerprint density at radius 3 is 2.51 bits per heavy atom. The van der Waals surface area contributed by atoms with E-state index in [0.717, 1.165) is 39.3 Å². The van der Waals surface area contributed by atoms with Gasteiger partial charge in [-0.25, -0.2) is 9.50 Å². The summed E-state index contributed by atoms with van der Waals surface area (Å²) in [5.41, 5.74) is 7.67. The zero-order valence-electron chi connectivity index (χ0n) is 20.8. The van der Waals surface area contributed by atoms with E-state index in [2.05, 4.69) is 33.6 Å². The smallest absolute Gasteiger partial charge is 0.220 e. The number of carbonyl (C=O) groups is 1. The molecular formula is C29H27N7O. The van der Waals surface area contributed by atoms with Gasteiger partial charge in [-0.1, -0.05) is 60.7 Å². The molecule has 0 saturated carbocycles. The standard InChI is InChI=1S/C29H27N7O/c1-20-26(21(2)36-29(33-20)24(15-30)17-32-36)13-14-27(37)31-16-25-19-35(18-22-9-5-3-6-10-22)34-28(25)23-11-7-4-8-12-23/h3-12,17,19H,13-14,16,18H2,1-2H3,(H,31,37). The number of hydrogen-bond acceptors (Lipinski definition) is 5. The van der Waals surface area contributed by atoms with Crippen LogP contribution in [0.3, 0.4) is 0 Å². The molecule has 1 N–H and O–H groups in total. The maximum absolute atomic E-state index is 12.8. The second-order valence-electron chi connectivity index (χ2n) is 9.00. The van der Waals surface area contributed by atoms with E-state index in [-0.39, 0.29) is 5.91 Å². The number of rotatable bonds is 8. The molecule has 0 aliphatic rings. The van der Waals surface area contributed by atoms with Gasteiger partial charge >= 0.3 is 0 Å². The zero-order chi connectivity index (χ0) is 25.8. The van der Waals surface area contributed by atoms with E-state index in [1.54, 1.807) is 4.52 Å². The highest BCUT2D eigenvalue weighted by molar-refractivity contribution is 5.76. The molecule has 0 aliphatic heterocycles. The number of amides is 1. The summed E-state index contributed by atoms with van der Waals surface area (Å²) in [4.78, 5) is 17.4. The van der Waals surface area contributed by atoms with E-state index in [9.17, 15) is 10.1 Å². The molecule has 0 unspecified atom stereocenters. The van der Waals surface area contributed by atoms with E-state index >= 15 is 0 Å². The van der Waals surface area contributed by atoms with Crippen LogP contribution in [0.5, 0.6) is 0 Å². The second kappa shape index (κ2) is 10.5. The van der Waals surface area contributed by atoms with Crippen LogP contribution >= 0.6 is 0 Å². The molecule has 0 spiro atoms. The molecule has 0 saturated heterocycles. The maximum Gasteiger partial charge on any atom is 0.220 e. The Morgan fingerprint density at radius 2 is 1.78 bits per heavy atom. The van der Waals surface area contributed by atoms with Crippen LogP contribution in [-0.2, 0) is 24.3 Å². The molecule has 8 nitrogen and oxygen atoms in total. The van der Waals surface area contributed by atoms with Crippen LogP contribution in [0, 0.1) is 25.2 Å². The molecule has 2 aromatic carbocycles. The first-order valence-electron chi connectivity index (χ1n) is 12.2. The van der Waals surface area contributed by atoms with Gasteiger partial charge in [0.05, 0.1) is 18.4 Å². The Balaban J connectivity index is 1.29. The van der Waals surface area contributed by atoms with Gasteiger partial charge in [0.1, 0.15) is 11.6 Å². The highest BCUT2D eigenvalue weighted by atomic mass is 16.1. The molecule has 0 aliphatic carbocycles. The predicted molar refractivity (Wildman–Crippen MR) is 141 cm³/mol. The van der Waals surface area contributed by atoms with Gasteiger partial charge in [-0.15, -0.1) is 0 Å². The third-order valence-electron chi connectivity index (χ3n) is 6.48. The molecule has 3 heterocycles. The lowest BCUT2D eigenvalue weighted by molar-refractivity contribution is -0.121. The van der Waals surface area contributed by atoms with E-state index in [0.29, 0.717) is 37.1 Å². The van der Waals surface area contributed by atoms with Gasteiger partial charge in [0.15, 0.2) is 5.65 Å². The largest absolute Gasteiger partial charge is 0.352 e. The van der Waals surface area contributed by atoms with Crippen molar-refractivity contribution in [2.45, 2.75) is 39.8 Å². The third-order valence-corrected chi connectivity index (χ3v) is 6.48. The predicted octanol–water partition coefficient (Wildman–Crippen LogP) is 4.38. The number of hydrogen-bond donors (Lipinski definition) is 1. The Kier molecular flexibility index (Phi) is 6.77. The van der Waals surface area contributed by atoms with Crippen molar-refractivity contribution in [1.29, 1.82) is 5.26 Å². The molecule has 5 rings (SSSR count). The molecule has 0 atom stereocenters. The van der Waals surface area contributed by atoms with Crippen LogP contribution in [0.25, 0.3) is 16.9 Å². The summed E-state index contributed by atoms with van der Waals surface area (Å²) in [5.74, 6) is -0.0492. The number of fused-ring (bicyclic) bond motifs is 1. The van der Waals surface area contributed by atoms with E-state index in [4.69, 9.17) is 5.10 Å². The molecule has 37 heavy (non-hydrogen) atoms. The molecule has 3 aromatic heterocycles. The van der Waals surface area contributed by atoms with Gasteiger partial charge in [0.2, 0.25) is 5.91 Å². The average molecular weight is 490 g/mol. The van der Waals surface area contributed by atoms with Crippen molar-refractivity contribution in [2.24, 2.45) is 0 Å². The highest BCUT2D eigenvalue weighted by Crippen LogP contribution is 2.23. The lowest BCUT2D eigenvalue weighted by atomic mass is 10.1. The van der Waals surface area contributed by atoms with Crippen molar-refractivity contribution in [3.8, 4) is 17.3 Å². The topological polar surface area (TPSA) is 101 Å². The quantitative estimate of drug-likeness (QED) is 0.349. The molecule has 0 radical (unpaired) electrons. The molecule has 184 valence electrons. The zero-order valence-corrected chi connectivity index (χ0v) is 20.8. The Hall–Kier alpha value is -4.77. The minimum Gasteiger partial charge on any atom is -0.352 e. The van der Waals surface area contributed by atoms with Crippen molar-refractivity contribution in [1.82, 2.24) is 29.7 Å². The normalized spacial score (nSPS) is 10.9. The summed E-state index contributed by atoms with van der Waals surface area (Å²) in [5, 5.41) is 21.5. The first-order valence-corrected chi connectivity index (χ1v) is 12.2. The maximum atomic E-state index is 12.8. The van der Waals surface area contributed by atoms with E-state index < -0.39 is 0 Å². The van der Waals surface area contributed by atoms with Crippen molar-refractivity contribution in [2.75, 3.05) is 0 Å². The van der Waals surface area contributed by atoms with Gasteiger partial charge in [-0.05, 0) is 31.4 Å². The van der Waals surface area contributed by atoms with Crippen LogP contribution in [0.4, 0.5) is 0 Å². The van der Waals surface area contributed by atoms with Crippen LogP contribution in [0.15, 0.2) is 73.1 Å². The van der Waals surface area contributed by atoms with E-state index in [1.165, 1.54) is 6.20 Å². The highest BCUT2D eigenvalue weighted by Gasteiger charge is 2.16. The molecule has 1 amide bonds. The third kappa shape index (κ3) is 5.11. The van der Waals surface area contributed by atoms with Crippen LogP contribution in [0.1, 0.15) is 40.1 Å². The van der Waals surface area contributed by atoms with Crippen LogP contribution in [-0.4, -0.2) is 30.3 Å². The van der Waals surface area contributed by atoms with Gasteiger partial charge < -0.3 is 5.32 Å². The Bertz CT molecular complexity index is 1590. The van der Waals surface area contributed by atoms with Crippen molar-refractivity contribution in [3.05, 3.63) is 107 Å². The second-order valence-corrected chi connectivity index (χ2v) is 9.00. The Morgan fingerprint density at radius 1 is 1.05 bits per heavy atom. The molecule has 8 heteroatoms. The van der Waals surface area contributed by atoms with E-state index in [1.807, 2.05) is 73.3 Å². The first kappa shape index (κ1) is 23.9. The van der Waals surface area contributed by atoms with Crippen LogP contribution < -0.4 is 5.32 Å². The number of aryl methyl sites for hydroxylation is 2. The monoisotopic (exact) mass is 489 g/mol. The number of benzene rings is 2. The van der Waals surface area contributed by atoms with Crippen LogP contribution in [0.2, 0.25) is 0 Å². The SMILES string of the molecule is Cc1nc2c(C#N)cnn2c(C)c1CCC(=O)NCc1cn(Cc2ccccc2)nc1-c1ccccc1. The summed E-state index contributed by atoms with van der Waals surface area (Å²) in [6.07, 6.45) is 4.38. The van der Waals surface area contributed by atoms with Gasteiger partial charge in [-0.3, -0.25) is 9.48 Å². The summed E-state index contributed by atoms with van der Waals surface area (Å²) in [6.45, 7) is 4.89. The molecule has 0 bridgehead atoms. The van der Waals surface area contributed by atoms with Crippen molar-refractivity contribution < 1.29 is 4.79 Å².